The number of nitrogens with zero attached hydrogens (tertiary/aromatic N) is 2. The van der Waals surface area contributed by atoms with Gasteiger partial charge in [0.15, 0.2) is 23.0 Å². The molecule has 27 heavy (non-hydrogen) atoms. The van der Waals surface area contributed by atoms with E-state index < -0.39 is 0 Å². The maximum Gasteiger partial charge on any atom is 0.276 e. The lowest BCUT2D eigenvalue weighted by atomic mass is 10.2. The predicted molar refractivity (Wildman–Crippen MR) is 102 cm³/mol. The molecule has 0 aliphatic carbocycles. The zero-order chi connectivity index (χ0) is 18.6. The third-order valence-corrected chi connectivity index (χ3v) is 4.07. The Kier molecular flexibility index (Phi) is 4.76. The number of carbonyl (C=O) groups excluding carboxylic acids is 1. The summed E-state index contributed by atoms with van der Waals surface area (Å²) in [4.78, 5) is 12.2. The maximum absolute atomic E-state index is 12.2. The molecule has 0 atom stereocenters. The van der Waals surface area contributed by atoms with E-state index >= 15 is 0 Å². The maximum atomic E-state index is 12.2. The second kappa shape index (κ2) is 7.51. The van der Waals surface area contributed by atoms with Crippen molar-refractivity contribution in [3.8, 4) is 11.5 Å². The average molecular weight is 383 g/mol. The van der Waals surface area contributed by atoms with Crippen molar-refractivity contribution in [3.63, 3.8) is 0 Å². The molecule has 2 heterocycles. The van der Waals surface area contributed by atoms with Gasteiger partial charge in [0.1, 0.15) is 13.2 Å². The Morgan fingerprint density at radius 1 is 0.889 bits per heavy atom. The number of hydrogen-bond donors (Lipinski definition) is 2. The lowest BCUT2D eigenvalue weighted by Gasteiger charge is -2.19. The van der Waals surface area contributed by atoms with E-state index in [1.165, 1.54) is 0 Å². The topological polar surface area (TPSA) is 85.4 Å². The van der Waals surface area contributed by atoms with Gasteiger partial charge in [-0.15, -0.1) is 10.2 Å². The number of anilines is 3. The molecule has 1 aromatic heterocycles. The van der Waals surface area contributed by atoms with Crippen molar-refractivity contribution >= 4 is 34.7 Å². The van der Waals surface area contributed by atoms with Crippen LogP contribution in [-0.4, -0.2) is 29.3 Å². The first-order chi connectivity index (χ1) is 13.2. The first-order valence-electron chi connectivity index (χ1n) is 8.25. The van der Waals surface area contributed by atoms with Crippen molar-refractivity contribution in [1.29, 1.82) is 0 Å². The largest absolute Gasteiger partial charge is 0.486 e. The highest BCUT2D eigenvalue weighted by Crippen LogP contribution is 2.33. The molecular formula is C19H15ClN4O3. The van der Waals surface area contributed by atoms with Gasteiger partial charge in [0.25, 0.3) is 5.91 Å². The van der Waals surface area contributed by atoms with E-state index in [0.717, 1.165) is 5.69 Å². The summed E-state index contributed by atoms with van der Waals surface area (Å²) in [6.45, 7) is 1.07. The molecule has 2 aromatic carbocycles. The van der Waals surface area contributed by atoms with E-state index in [-0.39, 0.29) is 11.6 Å². The fraction of sp³-hybridized carbons (Fsp3) is 0.105. The Labute approximate surface area is 160 Å². The van der Waals surface area contributed by atoms with E-state index in [9.17, 15) is 4.79 Å². The highest BCUT2D eigenvalue weighted by molar-refractivity contribution is 6.30. The molecular weight excluding hydrogens is 368 g/mol. The minimum Gasteiger partial charge on any atom is -0.486 e. The molecule has 2 N–H and O–H groups in total. The molecule has 0 saturated heterocycles. The minimum atomic E-state index is -0.351. The molecule has 0 radical (unpaired) electrons. The van der Waals surface area contributed by atoms with Crippen LogP contribution in [0.5, 0.6) is 11.5 Å². The summed E-state index contributed by atoms with van der Waals surface area (Å²) in [6, 6.07) is 15.6. The highest BCUT2D eigenvalue weighted by atomic mass is 35.5. The highest BCUT2D eigenvalue weighted by Gasteiger charge is 2.13. The lowest BCUT2D eigenvalue weighted by molar-refractivity contribution is 0.102. The summed E-state index contributed by atoms with van der Waals surface area (Å²) in [5, 5.41) is 14.5. The Balaban J connectivity index is 1.42. The summed E-state index contributed by atoms with van der Waals surface area (Å²) in [5.41, 5.74) is 1.62. The first kappa shape index (κ1) is 17.1. The third kappa shape index (κ3) is 4.09. The lowest BCUT2D eigenvalue weighted by Crippen LogP contribution is -2.15. The van der Waals surface area contributed by atoms with Crippen LogP contribution in [0, 0.1) is 0 Å². The van der Waals surface area contributed by atoms with Crippen LogP contribution in [0.25, 0.3) is 0 Å². The van der Waals surface area contributed by atoms with Crippen molar-refractivity contribution in [3.05, 3.63) is 65.3 Å². The van der Waals surface area contributed by atoms with Gasteiger partial charge in [-0.2, -0.15) is 0 Å². The van der Waals surface area contributed by atoms with Crippen LogP contribution >= 0.6 is 11.6 Å². The van der Waals surface area contributed by atoms with Crippen LogP contribution in [0.4, 0.5) is 17.2 Å². The van der Waals surface area contributed by atoms with Crippen LogP contribution < -0.4 is 20.1 Å². The molecule has 8 heteroatoms. The zero-order valence-corrected chi connectivity index (χ0v) is 14.9. The Bertz CT molecular complexity index is 962. The second-order valence-corrected chi connectivity index (χ2v) is 6.18. The molecule has 3 aromatic rings. The van der Waals surface area contributed by atoms with Gasteiger partial charge >= 0.3 is 0 Å². The summed E-state index contributed by atoms with van der Waals surface area (Å²) >= 11 is 5.83. The van der Waals surface area contributed by atoms with Crippen molar-refractivity contribution in [1.82, 2.24) is 10.2 Å². The van der Waals surface area contributed by atoms with Gasteiger partial charge in [-0.25, -0.2) is 0 Å². The van der Waals surface area contributed by atoms with Gasteiger partial charge in [0, 0.05) is 22.5 Å². The normalized spacial score (nSPS) is 12.3. The van der Waals surface area contributed by atoms with Gasteiger partial charge in [-0.05, 0) is 48.5 Å². The van der Waals surface area contributed by atoms with E-state index in [2.05, 4.69) is 20.8 Å². The van der Waals surface area contributed by atoms with Crippen LogP contribution in [0.15, 0.2) is 54.6 Å². The average Bonchev–Trinajstić information content (AvgIpc) is 2.70. The van der Waals surface area contributed by atoms with E-state index in [0.29, 0.717) is 41.2 Å². The van der Waals surface area contributed by atoms with Gasteiger partial charge in [-0.1, -0.05) is 11.6 Å². The summed E-state index contributed by atoms with van der Waals surface area (Å²) in [7, 11) is 0. The molecule has 1 aliphatic rings. The van der Waals surface area contributed by atoms with Crippen LogP contribution in [0.2, 0.25) is 5.02 Å². The van der Waals surface area contributed by atoms with Gasteiger partial charge in [-0.3, -0.25) is 4.79 Å². The van der Waals surface area contributed by atoms with Crippen LogP contribution in [0.3, 0.4) is 0 Å². The zero-order valence-electron chi connectivity index (χ0n) is 14.1. The number of aromatic nitrogens is 2. The number of halogens is 1. The standard InChI is InChI=1S/C19H15ClN4O3/c20-12-1-3-13(4-2-12)22-19(25)15-6-8-18(24-23-15)21-14-5-7-16-17(11-14)27-10-9-26-16/h1-8,11H,9-10H2,(H,21,24)(H,22,25). The van der Waals surface area contributed by atoms with Crippen molar-refractivity contribution in [2.24, 2.45) is 0 Å². The Morgan fingerprint density at radius 2 is 1.63 bits per heavy atom. The number of rotatable bonds is 4. The van der Waals surface area contributed by atoms with Gasteiger partial charge in [0.2, 0.25) is 0 Å². The monoisotopic (exact) mass is 382 g/mol. The molecule has 1 amide bonds. The number of benzene rings is 2. The predicted octanol–water partition coefficient (Wildman–Crippen LogP) is 3.90. The van der Waals surface area contributed by atoms with E-state index in [1.54, 1.807) is 36.4 Å². The molecule has 4 rings (SSSR count). The van der Waals surface area contributed by atoms with Gasteiger partial charge < -0.3 is 20.1 Å². The number of nitrogens with one attached hydrogen (secondary N) is 2. The van der Waals surface area contributed by atoms with E-state index in [1.807, 2.05) is 18.2 Å². The number of fused-ring (bicyclic) bond motifs is 1. The SMILES string of the molecule is O=C(Nc1ccc(Cl)cc1)c1ccc(Nc2ccc3c(c2)OCCO3)nn1. The first-order valence-corrected chi connectivity index (χ1v) is 8.62. The third-order valence-electron chi connectivity index (χ3n) is 3.81. The molecule has 0 unspecified atom stereocenters. The summed E-state index contributed by atoms with van der Waals surface area (Å²) < 4.78 is 11.0. The minimum absolute atomic E-state index is 0.206. The molecule has 0 spiro atoms. The number of amides is 1. The Morgan fingerprint density at radius 3 is 2.37 bits per heavy atom. The quantitative estimate of drug-likeness (QED) is 0.711. The molecule has 7 nitrogen and oxygen atoms in total. The molecule has 136 valence electrons. The smallest absolute Gasteiger partial charge is 0.276 e. The number of carbonyl (C=O) groups is 1. The summed E-state index contributed by atoms with van der Waals surface area (Å²) in [6.07, 6.45) is 0. The number of hydrogen-bond acceptors (Lipinski definition) is 6. The molecule has 0 saturated carbocycles. The molecule has 0 bridgehead atoms. The van der Waals surface area contributed by atoms with Crippen molar-refractivity contribution < 1.29 is 14.3 Å². The summed E-state index contributed by atoms with van der Waals surface area (Å²) in [5.74, 6) is 1.55. The van der Waals surface area contributed by atoms with Crippen molar-refractivity contribution in [2.45, 2.75) is 0 Å². The number of ether oxygens (including phenoxy) is 2. The second-order valence-electron chi connectivity index (χ2n) is 5.75. The Hall–Kier alpha value is -3.32. The van der Waals surface area contributed by atoms with E-state index in [4.69, 9.17) is 21.1 Å². The van der Waals surface area contributed by atoms with Crippen molar-refractivity contribution in [2.75, 3.05) is 23.8 Å². The molecule has 0 fully saturated rings. The molecule has 1 aliphatic heterocycles. The fourth-order valence-corrected chi connectivity index (χ4v) is 2.64. The van der Waals surface area contributed by atoms with Gasteiger partial charge in [0.05, 0.1) is 0 Å². The van der Waals surface area contributed by atoms with Crippen LogP contribution in [0.1, 0.15) is 10.5 Å². The fourth-order valence-electron chi connectivity index (χ4n) is 2.52. The van der Waals surface area contributed by atoms with Crippen LogP contribution in [-0.2, 0) is 0 Å².